The first-order valence-corrected chi connectivity index (χ1v) is 9.30. The Labute approximate surface area is 141 Å². The molecule has 1 aromatic heterocycles. The summed E-state index contributed by atoms with van der Waals surface area (Å²) in [5.74, 6) is -0.0432. The minimum Gasteiger partial charge on any atom is -0.481 e. The number of hydrogen-bond donors (Lipinski definition) is 2. The molecule has 2 unspecified atom stereocenters. The van der Waals surface area contributed by atoms with Gasteiger partial charge in [-0.1, -0.05) is 26.0 Å². The second-order valence-electron chi connectivity index (χ2n) is 7.04. The molecule has 0 bridgehead atoms. The zero-order valence-electron chi connectivity index (χ0n) is 13.8. The Kier molecular flexibility index (Phi) is 5.02. The monoisotopic (exact) mass is 331 g/mol. The lowest BCUT2D eigenvalue weighted by atomic mass is 9.88. The van der Waals surface area contributed by atoms with E-state index in [0.29, 0.717) is 12.3 Å². The summed E-state index contributed by atoms with van der Waals surface area (Å²) in [7, 11) is 0. The van der Waals surface area contributed by atoms with Gasteiger partial charge in [-0.2, -0.15) is 0 Å². The van der Waals surface area contributed by atoms with E-state index >= 15 is 0 Å². The SMILES string of the molecule is CC(C)Cc1cccc2sc(CC(C(=O)O)C3CCNC3)cc12. The summed E-state index contributed by atoms with van der Waals surface area (Å²) < 4.78 is 1.28. The Morgan fingerprint density at radius 2 is 2.22 bits per heavy atom. The molecule has 3 nitrogen and oxygen atoms in total. The third-order valence-corrected chi connectivity index (χ3v) is 5.86. The van der Waals surface area contributed by atoms with Crippen LogP contribution in [-0.4, -0.2) is 24.2 Å². The number of carbonyl (C=O) groups is 1. The van der Waals surface area contributed by atoms with Crippen molar-refractivity contribution in [3.63, 3.8) is 0 Å². The van der Waals surface area contributed by atoms with Crippen molar-refractivity contribution in [1.29, 1.82) is 0 Å². The van der Waals surface area contributed by atoms with Crippen LogP contribution >= 0.6 is 11.3 Å². The highest BCUT2D eigenvalue weighted by Crippen LogP contribution is 2.33. The molecule has 4 heteroatoms. The van der Waals surface area contributed by atoms with E-state index in [2.05, 4.69) is 43.4 Å². The molecule has 1 aliphatic heterocycles. The summed E-state index contributed by atoms with van der Waals surface area (Å²) in [5.41, 5.74) is 1.38. The Morgan fingerprint density at radius 1 is 1.39 bits per heavy atom. The first-order chi connectivity index (χ1) is 11.0. The van der Waals surface area contributed by atoms with Crippen LogP contribution in [0.2, 0.25) is 0 Å². The molecule has 1 fully saturated rings. The maximum absolute atomic E-state index is 11.7. The van der Waals surface area contributed by atoms with Gasteiger partial charge in [-0.15, -0.1) is 11.3 Å². The molecule has 124 valence electrons. The third kappa shape index (κ3) is 3.75. The van der Waals surface area contributed by atoms with E-state index in [9.17, 15) is 9.90 Å². The molecule has 0 amide bonds. The topological polar surface area (TPSA) is 49.3 Å². The van der Waals surface area contributed by atoms with Crippen LogP contribution in [0.5, 0.6) is 0 Å². The van der Waals surface area contributed by atoms with Crippen LogP contribution in [0.15, 0.2) is 24.3 Å². The van der Waals surface area contributed by atoms with Crippen LogP contribution in [0.3, 0.4) is 0 Å². The summed E-state index contributed by atoms with van der Waals surface area (Å²) in [6.45, 7) is 6.25. The molecule has 2 aromatic rings. The number of thiophene rings is 1. The van der Waals surface area contributed by atoms with E-state index in [0.717, 1.165) is 25.9 Å². The fourth-order valence-electron chi connectivity index (χ4n) is 3.59. The number of carboxylic acids is 1. The van der Waals surface area contributed by atoms with Gasteiger partial charge in [0.1, 0.15) is 0 Å². The van der Waals surface area contributed by atoms with Crippen LogP contribution in [-0.2, 0) is 17.6 Å². The fraction of sp³-hybridized carbons (Fsp3) is 0.526. The Balaban J connectivity index is 1.86. The highest BCUT2D eigenvalue weighted by Gasteiger charge is 2.31. The number of nitrogens with one attached hydrogen (secondary N) is 1. The van der Waals surface area contributed by atoms with Crippen molar-refractivity contribution in [1.82, 2.24) is 5.32 Å². The Hall–Kier alpha value is -1.39. The molecule has 2 N–H and O–H groups in total. The van der Waals surface area contributed by atoms with E-state index < -0.39 is 5.97 Å². The molecule has 1 aromatic carbocycles. The average Bonchev–Trinajstić information content (AvgIpc) is 3.13. The van der Waals surface area contributed by atoms with E-state index in [4.69, 9.17) is 0 Å². The summed E-state index contributed by atoms with van der Waals surface area (Å²) in [6, 6.07) is 8.71. The van der Waals surface area contributed by atoms with Gasteiger partial charge in [0, 0.05) is 9.58 Å². The molecule has 0 aliphatic carbocycles. The minimum absolute atomic E-state index is 0.257. The van der Waals surface area contributed by atoms with Gasteiger partial charge in [0.25, 0.3) is 0 Å². The van der Waals surface area contributed by atoms with Gasteiger partial charge in [0.15, 0.2) is 0 Å². The third-order valence-electron chi connectivity index (χ3n) is 4.74. The zero-order valence-corrected chi connectivity index (χ0v) is 14.7. The lowest BCUT2D eigenvalue weighted by molar-refractivity contribution is -0.143. The van der Waals surface area contributed by atoms with Crippen molar-refractivity contribution in [2.24, 2.45) is 17.8 Å². The second-order valence-corrected chi connectivity index (χ2v) is 8.21. The second kappa shape index (κ2) is 7.02. The molecule has 0 radical (unpaired) electrons. The van der Waals surface area contributed by atoms with Crippen LogP contribution in [0.4, 0.5) is 0 Å². The van der Waals surface area contributed by atoms with Crippen molar-refractivity contribution in [3.8, 4) is 0 Å². The van der Waals surface area contributed by atoms with Gasteiger partial charge in [-0.3, -0.25) is 4.79 Å². The first kappa shape index (κ1) is 16.5. The molecule has 1 saturated heterocycles. The summed E-state index contributed by atoms with van der Waals surface area (Å²) in [4.78, 5) is 12.9. The maximum Gasteiger partial charge on any atom is 0.307 e. The molecular weight excluding hydrogens is 306 g/mol. The first-order valence-electron chi connectivity index (χ1n) is 8.48. The molecular formula is C19H25NO2S. The number of rotatable bonds is 6. The summed E-state index contributed by atoms with van der Waals surface area (Å²) >= 11 is 1.76. The molecule has 2 heterocycles. The largest absolute Gasteiger partial charge is 0.481 e. The number of carboxylic acid groups (broad SMARTS) is 1. The maximum atomic E-state index is 11.7. The average molecular weight is 331 g/mol. The van der Waals surface area contributed by atoms with Gasteiger partial charge >= 0.3 is 5.97 Å². The Bertz CT molecular complexity index is 686. The Morgan fingerprint density at radius 3 is 2.87 bits per heavy atom. The van der Waals surface area contributed by atoms with E-state index in [1.165, 1.54) is 20.5 Å². The van der Waals surface area contributed by atoms with Crippen molar-refractivity contribution in [2.75, 3.05) is 13.1 Å². The van der Waals surface area contributed by atoms with Crippen molar-refractivity contribution < 1.29 is 9.90 Å². The molecule has 23 heavy (non-hydrogen) atoms. The van der Waals surface area contributed by atoms with Gasteiger partial charge in [0.05, 0.1) is 5.92 Å². The van der Waals surface area contributed by atoms with E-state index in [-0.39, 0.29) is 11.8 Å². The standard InChI is InChI=1S/C19H25NO2S/c1-12(2)8-13-4-3-5-18-16(13)9-15(23-18)10-17(19(21)22)14-6-7-20-11-14/h3-5,9,12,14,17,20H,6-8,10-11H2,1-2H3,(H,21,22). The van der Waals surface area contributed by atoms with Crippen molar-refractivity contribution in [3.05, 3.63) is 34.7 Å². The molecule has 1 aliphatic rings. The highest BCUT2D eigenvalue weighted by molar-refractivity contribution is 7.19. The summed E-state index contributed by atoms with van der Waals surface area (Å²) in [6.07, 6.45) is 2.70. The summed E-state index contributed by atoms with van der Waals surface area (Å²) in [5, 5.41) is 14.2. The number of hydrogen-bond acceptors (Lipinski definition) is 3. The minimum atomic E-state index is -0.654. The van der Waals surface area contributed by atoms with Gasteiger partial charge < -0.3 is 10.4 Å². The van der Waals surface area contributed by atoms with Crippen LogP contribution in [0.1, 0.15) is 30.7 Å². The van der Waals surface area contributed by atoms with E-state index in [1.54, 1.807) is 11.3 Å². The van der Waals surface area contributed by atoms with Gasteiger partial charge in [0.2, 0.25) is 0 Å². The number of benzene rings is 1. The predicted molar refractivity (Wildman–Crippen MR) is 96.2 cm³/mol. The highest BCUT2D eigenvalue weighted by atomic mass is 32.1. The van der Waals surface area contributed by atoms with Crippen molar-refractivity contribution in [2.45, 2.75) is 33.1 Å². The van der Waals surface area contributed by atoms with E-state index in [1.807, 2.05) is 0 Å². The van der Waals surface area contributed by atoms with Gasteiger partial charge in [-0.05, 0) is 67.3 Å². The number of fused-ring (bicyclic) bond motifs is 1. The van der Waals surface area contributed by atoms with Crippen LogP contribution in [0.25, 0.3) is 10.1 Å². The van der Waals surface area contributed by atoms with Crippen LogP contribution in [0, 0.1) is 17.8 Å². The van der Waals surface area contributed by atoms with Crippen LogP contribution < -0.4 is 5.32 Å². The quantitative estimate of drug-likeness (QED) is 0.842. The number of aliphatic carboxylic acids is 1. The lowest BCUT2D eigenvalue weighted by Gasteiger charge is -2.17. The van der Waals surface area contributed by atoms with Gasteiger partial charge in [-0.25, -0.2) is 0 Å². The lowest BCUT2D eigenvalue weighted by Crippen LogP contribution is -2.27. The molecule has 0 saturated carbocycles. The normalized spacial score (nSPS) is 19.5. The predicted octanol–water partition coefficient (Wildman–Crippen LogP) is 3.95. The molecule has 0 spiro atoms. The smallest absolute Gasteiger partial charge is 0.307 e. The molecule has 2 atom stereocenters. The zero-order chi connectivity index (χ0) is 16.4. The fourth-order valence-corrected chi connectivity index (χ4v) is 4.75. The molecule has 3 rings (SSSR count). The van der Waals surface area contributed by atoms with Crippen molar-refractivity contribution >= 4 is 27.4 Å².